The molecule has 3 heteroatoms. The smallest absolute Gasteiger partial charge is 0.127 e. The summed E-state index contributed by atoms with van der Waals surface area (Å²) in [6, 6.07) is 13.3. The van der Waals surface area contributed by atoms with E-state index in [0.717, 1.165) is 12.0 Å². The Morgan fingerprint density at radius 2 is 2.10 bits per heavy atom. The standard InChI is InChI=1S/C17H18FNO/c1-19-10-12-6-15(18)9-16(7-12)20-11-14-8-13-4-2-3-5-17(13)14/h2-7,9,14,19H,8,10-11H2,1H3. The van der Waals surface area contributed by atoms with Gasteiger partial charge in [0.05, 0.1) is 6.61 Å². The van der Waals surface area contributed by atoms with Gasteiger partial charge in [0.1, 0.15) is 11.6 Å². The van der Waals surface area contributed by atoms with E-state index >= 15 is 0 Å². The molecule has 1 atom stereocenters. The zero-order valence-corrected chi connectivity index (χ0v) is 11.5. The first-order valence-corrected chi connectivity index (χ1v) is 6.91. The molecule has 2 aromatic carbocycles. The number of nitrogens with one attached hydrogen (secondary N) is 1. The van der Waals surface area contributed by atoms with E-state index in [1.807, 2.05) is 13.1 Å². The second kappa shape index (κ2) is 5.63. The first-order valence-electron chi connectivity index (χ1n) is 6.91. The monoisotopic (exact) mass is 271 g/mol. The van der Waals surface area contributed by atoms with Crippen LogP contribution in [0.25, 0.3) is 0 Å². The fourth-order valence-corrected chi connectivity index (χ4v) is 2.72. The van der Waals surface area contributed by atoms with Crippen LogP contribution in [-0.2, 0) is 13.0 Å². The van der Waals surface area contributed by atoms with Crippen LogP contribution in [0.15, 0.2) is 42.5 Å². The highest BCUT2D eigenvalue weighted by molar-refractivity contribution is 5.40. The van der Waals surface area contributed by atoms with Crippen molar-refractivity contribution in [2.24, 2.45) is 0 Å². The van der Waals surface area contributed by atoms with Crippen molar-refractivity contribution in [1.82, 2.24) is 5.32 Å². The van der Waals surface area contributed by atoms with Gasteiger partial charge in [-0.15, -0.1) is 0 Å². The first-order chi connectivity index (χ1) is 9.76. The maximum absolute atomic E-state index is 13.5. The maximum atomic E-state index is 13.5. The van der Waals surface area contributed by atoms with Gasteiger partial charge in [0, 0.05) is 18.5 Å². The number of benzene rings is 2. The van der Waals surface area contributed by atoms with Crippen LogP contribution >= 0.6 is 0 Å². The normalized spacial score (nSPS) is 16.4. The molecule has 104 valence electrons. The Labute approximate surface area is 118 Å². The molecule has 0 saturated heterocycles. The molecule has 0 fully saturated rings. The Hall–Kier alpha value is -1.87. The summed E-state index contributed by atoms with van der Waals surface area (Å²) >= 11 is 0. The van der Waals surface area contributed by atoms with E-state index in [1.165, 1.54) is 23.3 Å². The van der Waals surface area contributed by atoms with E-state index in [-0.39, 0.29) is 5.82 Å². The van der Waals surface area contributed by atoms with Gasteiger partial charge in [-0.25, -0.2) is 4.39 Å². The van der Waals surface area contributed by atoms with Gasteiger partial charge < -0.3 is 10.1 Å². The minimum absolute atomic E-state index is 0.248. The summed E-state index contributed by atoms with van der Waals surface area (Å²) in [7, 11) is 1.84. The minimum Gasteiger partial charge on any atom is -0.493 e. The molecule has 0 bridgehead atoms. The van der Waals surface area contributed by atoms with Gasteiger partial charge in [-0.05, 0) is 42.3 Å². The third-order valence-corrected chi connectivity index (χ3v) is 3.72. The molecule has 0 radical (unpaired) electrons. The van der Waals surface area contributed by atoms with E-state index < -0.39 is 0 Å². The number of hydrogen-bond donors (Lipinski definition) is 1. The summed E-state index contributed by atoms with van der Waals surface area (Å²) < 4.78 is 19.3. The van der Waals surface area contributed by atoms with Crippen LogP contribution in [0.1, 0.15) is 22.6 Å². The van der Waals surface area contributed by atoms with E-state index in [4.69, 9.17) is 4.74 Å². The summed E-state index contributed by atoms with van der Waals surface area (Å²) in [6.07, 6.45) is 1.05. The number of hydrogen-bond acceptors (Lipinski definition) is 2. The van der Waals surface area contributed by atoms with E-state index in [0.29, 0.717) is 24.8 Å². The van der Waals surface area contributed by atoms with Crippen LogP contribution in [0.2, 0.25) is 0 Å². The molecule has 0 heterocycles. The average Bonchev–Trinajstić information content (AvgIpc) is 2.39. The summed E-state index contributed by atoms with van der Waals surface area (Å²) in [5.41, 5.74) is 3.66. The van der Waals surface area contributed by atoms with Gasteiger partial charge in [0.25, 0.3) is 0 Å². The Bertz CT molecular complexity index is 612. The van der Waals surface area contributed by atoms with Gasteiger partial charge in [-0.2, -0.15) is 0 Å². The first kappa shape index (κ1) is 13.1. The summed E-state index contributed by atoms with van der Waals surface area (Å²) in [5, 5.41) is 3.02. The molecule has 1 unspecified atom stereocenters. The van der Waals surface area contributed by atoms with Gasteiger partial charge in [-0.3, -0.25) is 0 Å². The summed E-state index contributed by atoms with van der Waals surface area (Å²) in [6.45, 7) is 1.25. The van der Waals surface area contributed by atoms with Crippen molar-refractivity contribution in [3.05, 3.63) is 65.0 Å². The van der Waals surface area contributed by atoms with E-state index in [9.17, 15) is 4.39 Å². The van der Waals surface area contributed by atoms with Crippen LogP contribution < -0.4 is 10.1 Å². The molecular weight excluding hydrogens is 253 g/mol. The highest BCUT2D eigenvalue weighted by atomic mass is 19.1. The van der Waals surface area contributed by atoms with Crippen molar-refractivity contribution in [1.29, 1.82) is 0 Å². The van der Waals surface area contributed by atoms with Crippen molar-refractivity contribution in [3.63, 3.8) is 0 Å². The second-order valence-electron chi connectivity index (χ2n) is 5.24. The van der Waals surface area contributed by atoms with Gasteiger partial charge in [0.2, 0.25) is 0 Å². The van der Waals surface area contributed by atoms with Crippen molar-refractivity contribution < 1.29 is 9.13 Å². The fourth-order valence-electron chi connectivity index (χ4n) is 2.72. The number of fused-ring (bicyclic) bond motifs is 1. The molecule has 2 aromatic rings. The molecule has 3 rings (SSSR count). The van der Waals surface area contributed by atoms with Crippen molar-refractivity contribution in [3.8, 4) is 5.75 Å². The van der Waals surface area contributed by atoms with Crippen LogP contribution in [-0.4, -0.2) is 13.7 Å². The predicted octanol–water partition coefficient (Wildman–Crippen LogP) is 3.26. The Kier molecular flexibility index (Phi) is 3.70. The molecule has 0 aromatic heterocycles. The lowest BCUT2D eigenvalue weighted by molar-refractivity contribution is 0.274. The Morgan fingerprint density at radius 1 is 1.25 bits per heavy atom. The highest BCUT2D eigenvalue weighted by Gasteiger charge is 2.25. The average molecular weight is 271 g/mol. The van der Waals surface area contributed by atoms with Crippen LogP contribution in [0.5, 0.6) is 5.75 Å². The molecule has 0 spiro atoms. The maximum Gasteiger partial charge on any atom is 0.127 e. The number of ether oxygens (including phenoxy) is 1. The van der Waals surface area contributed by atoms with Gasteiger partial charge in [-0.1, -0.05) is 24.3 Å². The Morgan fingerprint density at radius 3 is 2.90 bits per heavy atom. The number of rotatable bonds is 5. The molecule has 0 saturated carbocycles. The fraction of sp³-hybridized carbons (Fsp3) is 0.294. The number of halogens is 1. The molecule has 2 nitrogen and oxygen atoms in total. The minimum atomic E-state index is -0.248. The zero-order valence-electron chi connectivity index (χ0n) is 11.5. The lowest BCUT2D eigenvalue weighted by Gasteiger charge is -2.29. The molecule has 1 N–H and O–H groups in total. The SMILES string of the molecule is CNCc1cc(F)cc(OCC2Cc3ccccc32)c1. The zero-order chi connectivity index (χ0) is 13.9. The van der Waals surface area contributed by atoms with Crippen LogP contribution in [0, 0.1) is 5.82 Å². The molecule has 20 heavy (non-hydrogen) atoms. The van der Waals surface area contributed by atoms with Crippen molar-refractivity contribution >= 4 is 0 Å². The Balaban J connectivity index is 1.65. The summed E-state index contributed by atoms with van der Waals surface area (Å²) in [4.78, 5) is 0. The predicted molar refractivity (Wildman–Crippen MR) is 77.5 cm³/mol. The quantitative estimate of drug-likeness (QED) is 0.901. The topological polar surface area (TPSA) is 21.3 Å². The second-order valence-corrected chi connectivity index (χ2v) is 5.24. The van der Waals surface area contributed by atoms with E-state index in [2.05, 4.69) is 29.6 Å². The third-order valence-electron chi connectivity index (χ3n) is 3.72. The van der Waals surface area contributed by atoms with Crippen molar-refractivity contribution in [2.45, 2.75) is 18.9 Å². The van der Waals surface area contributed by atoms with Crippen LogP contribution in [0.3, 0.4) is 0 Å². The lowest BCUT2D eigenvalue weighted by Crippen LogP contribution is -2.23. The van der Waals surface area contributed by atoms with Gasteiger partial charge in [0.15, 0.2) is 0 Å². The van der Waals surface area contributed by atoms with E-state index in [1.54, 1.807) is 0 Å². The molecule has 1 aliphatic carbocycles. The molecule has 0 aliphatic heterocycles. The third kappa shape index (κ3) is 2.68. The largest absolute Gasteiger partial charge is 0.493 e. The molecular formula is C17H18FNO. The highest BCUT2D eigenvalue weighted by Crippen LogP contribution is 2.35. The van der Waals surface area contributed by atoms with Crippen LogP contribution in [0.4, 0.5) is 4.39 Å². The van der Waals surface area contributed by atoms with Crippen molar-refractivity contribution in [2.75, 3.05) is 13.7 Å². The molecule has 1 aliphatic rings. The summed E-state index contributed by atoms with van der Waals surface area (Å²) in [5.74, 6) is 0.795. The molecule has 0 amide bonds. The lowest BCUT2D eigenvalue weighted by atomic mass is 9.78. The van der Waals surface area contributed by atoms with Gasteiger partial charge >= 0.3 is 0 Å².